The monoisotopic (exact) mass is 536 g/mol. The summed E-state index contributed by atoms with van der Waals surface area (Å²) in [6.45, 7) is 3.77. The Morgan fingerprint density at radius 1 is 1.24 bits per heavy atom. The van der Waals surface area contributed by atoms with Gasteiger partial charge in [-0.05, 0) is 35.6 Å². The molecule has 11 heteroatoms. The molecule has 2 aromatic carbocycles. The molecule has 4 atom stereocenters. The fourth-order valence-corrected chi connectivity index (χ4v) is 8.03. The van der Waals surface area contributed by atoms with Crippen molar-refractivity contribution in [3.8, 4) is 0 Å². The van der Waals surface area contributed by atoms with Crippen LogP contribution in [0.2, 0.25) is 0 Å². The third-order valence-electron chi connectivity index (χ3n) is 8.19. The van der Waals surface area contributed by atoms with Crippen molar-refractivity contribution < 1.29 is 32.8 Å². The Balaban J connectivity index is 1.39. The number of aliphatic hydroxyl groups is 1. The molecule has 1 amide bonds. The Morgan fingerprint density at radius 3 is 2.66 bits per heavy atom. The van der Waals surface area contributed by atoms with Gasteiger partial charge in [0, 0.05) is 17.7 Å². The lowest BCUT2D eigenvalue weighted by Gasteiger charge is -2.47. The summed E-state index contributed by atoms with van der Waals surface area (Å²) in [5, 5.41) is 23.7. The molecule has 1 saturated heterocycles. The molecule has 0 radical (unpaired) electrons. The number of carbonyl (C=O) groups is 2. The van der Waals surface area contributed by atoms with Gasteiger partial charge < -0.3 is 19.9 Å². The van der Waals surface area contributed by atoms with Gasteiger partial charge >= 0.3 is 0 Å². The summed E-state index contributed by atoms with van der Waals surface area (Å²) in [6, 6.07) is 8.36. The van der Waals surface area contributed by atoms with E-state index in [1.54, 1.807) is 25.1 Å². The maximum atomic E-state index is 13.8. The van der Waals surface area contributed by atoms with E-state index in [2.05, 4.69) is 4.57 Å². The number of aliphatic hydroxyl groups excluding tert-OH is 1. The van der Waals surface area contributed by atoms with Crippen LogP contribution in [0.25, 0.3) is 10.8 Å². The molecule has 0 saturated carbocycles. The van der Waals surface area contributed by atoms with Crippen LogP contribution in [0, 0.1) is 11.8 Å². The third kappa shape index (κ3) is 3.34. The first-order chi connectivity index (χ1) is 18.0. The van der Waals surface area contributed by atoms with E-state index in [9.17, 15) is 28.2 Å². The van der Waals surface area contributed by atoms with Crippen LogP contribution in [0.3, 0.4) is 0 Å². The Bertz CT molecular complexity index is 1660. The minimum absolute atomic E-state index is 0.182. The maximum Gasteiger partial charge on any atom is 0.265 e. The summed E-state index contributed by atoms with van der Waals surface area (Å²) < 4.78 is 32.8. The number of β-lactam (4-membered cyclic amide) rings is 1. The Morgan fingerprint density at radius 2 is 2.00 bits per heavy atom. The number of fused-ring (bicyclic) bond motifs is 1. The second kappa shape index (κ2) is 8.40. The highest BCUT2D eigenvalue weighted by molar-refractivity contribution is 7.93. The van der Waals surface area contributed by atoms with Crippen LogP contribution in [-0.2, 0) is 39.6 Å². The van der Waals surface area contributed by atoms with Crippen LogP contribution in [0.1, 0.15) is 19.4 Å². The van der Waals surface area contributed by atoms with E-state index in [4.69, 9.17) is 0 Å². The number of benzene rings is 2. The smallest absolute Gasteiger partial charge is 0.265 e. The molecule has 4 heterocycles. The SMILES string of the molecule is C[C@@H](O)[C@H]1C(=O)N2C(C(=O)[O-])=C(CN3c4cccc5c(CCn6cc[n+](C)c6)ccc(c45)S3(=O)=O)[C@H](C)[C@H]12. The summed E-state index contributed by atoms with van der Waals surface area (Å²) in [4.78, 5) is 26.2. The van der Waals surface area contributed by atoms with E-state index in [-0.39, 0.29) is 17.1 Å². The first-order valence-electron chi connectivity index (χ1n) is 12.6. The number of nitrogens with zero attached hydrogens (tertiary/aromatic N) is 4. The van der Waals surface area contributed by atoms with Gasteiger partial charge in [-0.1, -0.05) is 25.1 Å². The second-order valence-electron chi connectivity index (χ2n) is 10.4. The number of hydrogen-bond donors (Lipinski definition) is 1. The summed E-state index contributed by atoms with van der Waals surface area (Å²) in [7, 11) is -2.02. The summed E-state index contributed by atoms with van der Waals surface area (Å²) in [6.07, 6.45) is 5.67. The van der Waals surface area contributed by atoms with Gasteiger partial charge in [0.2, 0.25) is 12.2 Å². The highest BCUT2D eigenvalue weighted by atomic mass is 32.2. The van der Waals surface area contributed by atoms with Crippen molar-refractivity contribution in [2.24, 2.45) is 18.9 Å². The molecule has 0 spiro atoms. The maximum absolute atomic E-state index is 13.8. The summed E-state index contributed by atoms with van der Waals surface area (Å²) >= 11 is 0. The molecule has 1 N–H and O–H groups in total. The Labute approximate surface area is 220 Å². The van der Waals surface area contributed by atoms with Crippen molar-refractivity contribution in [1.29, 1.82) is 0 Å². The minimum Gasteiger partial charge on any atom is -0.543 e. The lowest BCUT2D eigenvalue weighted by atomic mass is 9.78. The van der Waals surface area contributed by atoms with Crippen LogP contribution in [0.5, 0.6) is 0 Å². The zero-order valence-corrected chi connectivity index (χ0v) is 22.1. The molecule has 1 aromatic heterocycles. The molecular weight excluding hydrogens is 508 g/mol. The lowest BCUT2D eigenvalue weighted by Crippen LogP contribution is -2.64. The van der Waals surface area contributed by atoms with Crippen LogP contribution in [-0.4, -0.2) is 53.6 Å². The average molecular weight is 537 g/mol. The first-order valence-corrected chi connectivity index (χ1v) is 14.0. The van der Waals surface area contributed by atoms with Crippen molar-refractivity contribution in [3.63, 3.8) is 0 Å². The van der Waals surface area contributed by atoms with E-state index in [0.29, 0.717) is 23.1 Å². The molecule has 38 heavy (non-hydrogen) atoms. The van der Waals surface area contributed by atoms with Crippen LogP contribution in [0.15, 0.2) is 65.2 Å². The normalized spacial score (nSPS) is 24.2. The van der Waals surface area contributed by atoms with Gasteiger partial charge in [-0.3, -0.25) is 9.10 Å². The largest absolute Gasteiger partial charge is 0.543 e. The number of rotatable bonds is 7. The highest BCUT2D eigenvalue weighted by Crippen LogP contribution is 2.49. The number of aromatic nitrogens is 2. The van der Waals surface area contributed by atoms with Crippen LogP contribution in [0.4, 0.5) is 5.69 Å². The van der Waals surface area contributed by atoms with Crippen molar-refractivity contribution in [3.05, 3.63) is 65.9 Å². The molecule has 0 bridgehead atoms. The number of anilines is 1. The van der Waals surface area contributed by atoms with Gasteiger partial charge in [0.1, 0.15) is 12.4 Å². The number of aliphatic carboxylic acids is 1. The van der Waals surface area contributed by atoms with Gasteiger partial charge in [0.05, 0.1) is 60.5 Å². The van der Waals surface area contributed by atoms with Gasteiger partial charge in [0.25, 0.3) is 10.0 Å². The van der Waals surface area contributed by atoms with Gasteiger partial charge in [-0.15, -0.1) is 0 Å². The number of carboxylic acid groups (broad SMARTS) is 1. The summed E-state index contributed by atoms with van der Waals surface area (Å²) in [5.41, 5.74) is 1.51. The van der Waals surface area contributed by atoms with Gasteiger partial charge in [0.15, 0.2) is 0 Å². The van der Waals surface area contributed by atoms with Crippen molar-refractivity contribution >= 4 is 38.4 Å². The van der Waals surface area contributed by atoms with Gasteiger partial charge in [-0.25, -0.2) is 17.6 Å². The standard InChI is InChI=1S/C27H28N4O6S/c1-15-19(25(27(34)35)31-24(15)22(16(2)32)26(31)33)13-30-20-6-4-5-18-17(9-10-29-12-11-28(3)14-29)7-8-21(23(18)20)38(30,36)37/h4-8,11-12,14-16,22,24,32H,9-10,13H2,1-3H3/t15-,16+,22+,24+/m0/s1. The van der Waals surface area contributed by atoms with E-state index >= 15 is 0 Å². The Kier molecular flexibility index (Phi) is 5.45. The fraction of sp³-hybridized carbons (Fsp3) is 0.370. The molecule has 3 aromatic rings. The molecule has 0 aliphatic carbocycles. The lowest BCUT2D eigenvalue weighted by molar-refractivity contribution is -0.671. The molecule has 0 unspecified atom stereocenters. The van der Waals surface area contributed by atoms with E-state index in [0.717, 1.165) is 22.4 Å². The minimum atomic E-state index is -3.97. The van der Waals surface area contributed by atoms with Crippen molar-refractivity contribution in [2.75, 3.05) is 10.8 Å². The van der Waals surface area contributed by atoms with Crippen LogP contribution < -0.4 is 14.0 Å². The molecule has 1 fully saturated rings. The number of hydrogen-bond acceptors (Lipinski definition) is 6. The number of imidazole rings is 1. The van der Waals surface area contributed by atoms with Crippen molar-refractivity contribution in [2.45, 2.75) is 43.9 Å². The van der Waals surface area contributed by atoms with Crippen LogP contribution >= 0.6 is 0 Å². The average Bonchev–Trinajstić information content (AvgIpc) is 3.45. The number of carboxylic acids is 1. The second-order valence-corrected chi connectivity index (χ2v) is 12.2. The quantitative estimate of drug-likeness (QED) is 0.337. The molecular formula is C27H28N4O6S. The Hall–Kier alpha value is -3.70. The number of sulfonamides is 1. The predicted octanol–water partition coefficient (Wildman–Crippen LogP) is 0.0787. The molecule has 3 aliphatic heterocycles. The molecule has 10 nitrogen and oxygen atoms in total. The zero-order chi connectivity index (χ0) is 27.1. The highest BCUT2D eigenvalue weighted by Gasteiger charge is 2.59. The number of aryl methyl sites for hydroxylation is 3. The van der Waals surface area contributed by atoms with E-state index < -0.39 is 45.9 Å². The van der Waals surface area contributed by atoms with E-state index in [1.165, 1.54) is 11.2 Å². The molecule has 3 aliphatic rings. The van der Waals surface area contributed by atoms with Gasteiger partial charge in [-0.2, -0.15) is 0 Å². The number of amides is 1. The van der Waals surface area contributed by atoms with E-state index in [1.807, 2.05) is 42.5 Å². The predicted molar refractivity (Wildman–Crippen MR) is 135 cm³/mol. The third-order valence-corrected chi connectivity index (χ3v) is 10.00. The zero-order valence-electron chi connectivity index (χ0n) is 21.2. The topological polar surface area (TPSA) is 127 Å². The fourth-order valence-electron chi connectivity index (χ4n) is 6.36. The molecule has 198 valence electrons. The molecule has 6 rings (SSSR count). The summed E-state index contributed by atoms with van der Waals surface area (Å²) in [5.74, 6) is -3.21. The van der Waals surface area contributed by atoms with Crippen molar-refractivity contribution in [1.82, 2.24) is 9.47 Å². The number of carbonyl (C=O) groups excluding carboxylic acids is 2. The first kappa shape index (κ1) is 24.6.